The lowest BCUT2D eigenvalue weighted by molar-refractivity contribution is 1.07. The summed E-state index contributed by atoms with van der Waals surface area (Å²) in [6.45, 7) is 0. The summed E-state index contributed by atoms with van der Waals surface area (Å²) in [5.41, 5.74) is 13.3. The Morgan fingerprint density at radius 2 is 0.600 bits per heavy atom. The number of nitrogens with zero attached hydrogens (tertiary/aromatic N) is 4. The van der Waals surface area contributed by atoms with Gasteiger partial charge in [-0.15, -0.1) is 0 Å². The van der Waals surface area contributed by atoms with E-state index in [1.54, 1.807) is 0 Å². The lowest BCUT2D eigenvalue weighted by Gasteiger charge is -2.11. The van der Waals surface area contributed by atoms with E-state index in [1.165, 1.54) is 38.5 Å². The summed E-state index contributed by atoms with van der Waals surface area (Å²) in [5.74, 6) is 1.91. The predicted octanol–water partition coefficient (Wildman–Crippen LogP) is 13.0. The van der Waals surface area contributed by atoms with Gasteiger partial charge in [0.05, 0.1) is 11.0 Å². The van der Waals surface area contributed by atoms with Crippen molar-refractivity contribution in [1.82, 2.24) is 19.5 Å². The lowest BCUT2D eigenvalue weighted by atomic mass is 9.99. The van der Waals surface area contributed by atoms with Gasteiger partial charge in [-0.1, -0.05) is 164 Å². The number of benzene rings is 8. The van der Waals surface area contributed by atoms with Gasteiger partial charge >= 0.3 is 0 Å². The fourth-order valence-corrected chi connectivity index (χ4v) is 7.47. The van der Waals surface area contributed by atoms with Crippen molar-refractivity contribution in [3.05, 3.63) is 206 Å². The average molecular weight is 703 g/mol. The molecule has 4 nitrogen and oxygen atoms in total. The molecule has 0 saturated heterocycles. The van der Waals surface area contributed by atoms with Crippen LogP contribution in [0.15, 0.2) is 206 Å². The van der Waals surface area contributed by atoms with Gasteiger partial charge in [0, 0.05) is 33.2 Å². The Morgan fingerprint density at radius 1 is 0.255 bits per heavy atom. The molecule has 4 heteroatoms. The van der Waals surface area contributed by atoms with Crippen LogP contribution in [0.25, 0.3) is 95.0 Å². The third kappa shape index (κ3) is 6.16. The molecular formula is C51H34N4. The van der Waals surface area contributed by atoms with Crippen LogP contribution in [0.4, 0.5) is 0 Å². The number of rotatable bonds is 7. The molecule has 0 amide bonds. The first-order chi connectivity index (χ1) is 27.2. The molecular weight excluding hydrogens is 669 g/mol. The van der Waals surface area contributed by atoms with Crippen LogP contribution in [0.2, 0.25) is 0 Å². The molecule has 8 aromatic carbocycles. The quantitative estimate of drug-likeness (QED) is 0.166. The highest BCUT2D eigenvalue weighted by molar-refractivity contribution is 6.10. The van der Waals surface area contributed by atoms with E-state index in [2.05, 4.69) is 174 Å². The molecule has 55 heavy (non-hydrogen) atoms. The Morgan fingerprint density at radius 3 is 1.13 bits per heavy atom. The largest absolute Gasteiger partial charge is 0.309 e. The van der Waals surface area contributed by atoms with Gasteiger partial charge in [0.15, 0.2) is 17.5 Å². The minimum Gasteiger partial charge on any atom is -0.309 e. The van der Waals surface area contributed by atoms with Crippen LogP contribution in [0.3, 0.4) is 0 Å². The van der Waals surface area contributed by atoms with Crippen molar-refractivity contribution >= 4 is 21.8 Å². The third-order valence-electron chi connectivity index (χ3n) is 10.3. The van der Waals surface area contributed by atoms with Gasteiger partial charge in [0.1, 0.15) is 0 Å². The summed E-state index contributed by atoms with van der Waals surface area (Å²) in [4.78, 5) is 15.0. The van der Waals surface area contributed by atoms with Crippen LogP contribution in [-0.2, 0) is 0 Å². The molecule has 10 aromatic rings. The van der Waals surface area contributed by atoms with Crippen molar-refractivity contribution in [2.24, 2.45) is 0 Å². The van der Waals surface area contributed by atoms with E-state index in [9.17, 15) is 0 Å². The molecule has 0 saturated carbocycles. The molecule has 258 valence electrons. The minimum atomic E-state index is 0.630. The van der Waals surface area contributed by atoms with E-state index in [4.69, 9.17) is 15.0 Å². The smallest absolute Gasteiger partial charge is 0.164 e. The van der Waals surface area contributed by atoms with Crippen LogP contribution >= 0.6 is 0 Å². The van der Waals surface area contributed by atoms with Crippen LogP contribution < -0.4 is 0 Å². The standard InChI is InChI=1S/C51H34N4/c1-4-12-35(13-5-1)37-20-22-38(23-21-37)39-24-26-41(27-25-39)50-52-49(40-16-8-3-9-17-40)53-51(54-50)42-28-31-44(32-29-42)55-47-19-11-10-18-45(47)46-34-43(30-33-48(46)55)36-14-6-2-7-15-36/h1-34H. The molecule has 0 radical (unpaired) electrons. The molecule has 2 aromatic heterocycles. The van der Waals surface area contributed by atoms with Gasteiger partial charge in [-0.25, -0.2) is 15.0 Å². The average Bonchev–Trinajstić information content (AvgIpc) is 3.61. The molecule has 0 bridgehead atoms. The van der Waals surface area contributed by atoms with Gasteiger partial charge in [-0.2, -0.15) is 0 Å². The van der Waals surface area contributed by atoms with E-state index >= 15 is 0 Å². The topological polar surface area (TPSA) is 43.6 Å². The molecule has 10 rings (SSSR count). The van der Waals surface area contributed by atoms with Crippen molar-refractivity contribution in [1.29, 1.82) is 0 Å². The molecule has 0 fully saturated rings. The first-order valence-electron chi connectivity index (χ1n) is 18.5. The van der Waals surface area contributed by atoms with Gasteiger partial charge in [0.25, 0.3) is 0 Å². The number of para-hydroxylation sites is 1. The maximum atomic E-state index is 5.05. The van der Waals surface area contributed by atoms with Crippen molar-refractivity contribution in [3.8, 4) is 73.2 Å². The maximum Gasteiger partial charge on any atom is 0.164 e. The van der Waals surface area contributed by atoms with Crippen LogP contribution in [-0.4, -0.2) is 19.5 Å². The summed E-state index contributed by atoms with van der Waals surface area (Å²) >= 11 is 0. The van der Waals surface area contributed by atoms with Crippen molar-refractivity contribution < 1.29 is 0 Å². The fourth-order valence-electron chi connectivity index (χ4n) is 7.47. The first-order valence-corrected chi connectivity index (χ1v) is 18.5. The molecule has 0 aliphatic carbocycles. The van der Waals surface area contributed by atoms with E-state index in [0.717, 1.165) is 39.0 Å². The molecule has 0 unspecified atom stereocenters. The molecule has 0 aliphatic heterocycles. The molecule has 0 spiro atoms. The lowest BCUT2D eigenvalue weighted by Crippen LogP contribution is -2.00. The van der Waals surface area contributed by atoms with Crippen molar-refractivity contribution in [3.63, 3.8) is 0 Å². The summed E-state index contributed by atoms with van der Waals surface area (Å²) in [6.07, 6.45) is 0. The van der Waals surface area contributed by atoms with Gasteiger partial charge < -0.3 is 4.57 Å². The highest BCUT2D eigenvalue weighted by Crippen LogP contribution is 2.36. The Labute approximate surface area is 319 Å². The van der Waals surface area contributed by atoms with E-state index < -0.39 is 0 Å². The highest BCUT2D eigenvalue weighted by atomic mass is 15.0. The summed E-state index contributed by atoms with van der Waals surface area (Å²) in [6, 6.07) is 72.3. The van der Waals surface area contributed by atoms with Gasteiger partial charge in [-0.3, -0.25) is 0 Å². The summed E-state index contributed by atoms with van der Waals surface area (Å²) in [5, 5.41) is 2.45. The number of hydrogen-bond acceptors (Lipinski definition) is 3. The van der Waals surface area contributed by atoms with E-state index in [-0.39, 0.29) is 0 Å². The molecule has 0 N–H and O–H groups in total. The Hall–Kier alpha value is -7.43. The number of aromatic nitrogens is 4. The second kappa shape index (κ2) is 13.8. The van der Waals surface area contributed by atoms with Crippen molar-refractivity contribution in [2.45, 2.75) is 0 Å². The third-order valence-corrected chi connectivity index (χ3v) is 10.3. The first kappa shape index (κ1) is 32.2. The summed E-state index contributed by atoms with van der Waals surface area (Å²) < 4.78 is 2.34. The number of hydrogen-bond donors (Lipinski definition) is 0. The van der Waals surface area contributed by atoms with Gasteiger partial charge in [0.2, 0.25) is 0 Å². The van der Waals surface area contributed by atoms with Crippen LogP contribution in [0.1, 0.15) is 0 Å². The Kier molecular flexibility index (Phi) is 8.12. The molecule has 0 atom stereocenters. The second-order valence-electron chi connectivity index (χ2n) is 13.7. The monoisotopic (exact) mass is 702 g/mol. The van der Waals surface area contributed by atoms with E-state index in [0.29, 0.717) is 17.5 Å². The molecule has 0 aliphatic rings. The zero-order valence-corrected chi connectivity index (χ0v) is 29.9. The minimum absolute atomic E-state index is 0.630. The SMILES string of the molecule is c1ccc(-c2ccc(-c3ccc(-c4nc(-c5ccccc5)nc(-c5ccc(-n6c7ccccc7c7cc(-c8ccccc8)ccc76)cc5)n4)cc3)cc2)cc1. The zero-order valence-electron chi connectivity index (χ0n) is 29.9. The normalized spacial score (nSPS) is 11.3. The predicted molar refractivity (Wildman–Crippen MR) is 227 cm³/mol. The fraction of sp³-hybridized carbons (Fsp3) is 0. The highest BCUT2D eigenvalue weighted by Gasteiger charge is 2.16. The Bertz CT molecular complexity index is 2920. The summed E-state index contributed by atoms with van der Waals surface area (Å²) in [7, 11) is 0. The van der Waals surface area contributed by atoms with E-state index in [1.807, 2.05) is 36.4 Å². The van der Waals surface area contributed by atoms with Crippen molar-refractivity contribution in [2.75, 3.05) is 0 Å². The zero-order chi connectivity index (χ0) is 36.6. The maximum absolute atomic E-state index is 5.05. The van der Waals surface area contributed by atoms with Crippen LogP contribution in [0.5, 0.6) is 0 Å². The molecule has 2 heterocycles. The second-order valence-corrected chi connectivity index (χ2v) is 13.7. The van der Waals surface area contributed by atoms with Crippen LogP contribution in [0, 0.1) is 0 Å². The Balaban J connectivity index is 1.01. The van der Waals surface area contributed by atoms with Gasteiger partial charge in [-0.05, 0) is 75.8 Å². The number of fused-ring (bicyclic) bond motifs is 3.